The highest BCUT2D eigenvalue weighted by atomic mass is 79.9. The number of methoxy groups -OCH3 is 1. The monoisotopic (exact) mass is 354 g/mol. The van der Waals surface area contributed by atoms with Gasteiger partial charge < -0.3 is 14.0 Å². The minimum absolute atomic E-state index is 0.362. The van der Waals surface area contributed by atoms with Crippen LogP contribution in [0.3, 0.4) is 0 Å². The van der Waals surface area contributed by atoms with Crippen molar-refractivity contribution < 1.29 is 14.3 Å². The second-order valence-corrected chi connectivity index (χ2v) is 5.42. The number of ether oxygens (including phenoxy) is 2. The molecule has 0 saturated heterocycles. The highest BCUT2D eigenvalue weighted by molar-refractivity contribution is 9.09. The lowest BCUT2D eigenvalue weighted by atomic mass is 10.2. The lowest BCUT2D eigenvalue weighted by Crippen LogP contribution is -2.08. The van der Waals surface area contributed by atoms with Crippen LogP contribution in [0, 0.1) is 6.92 Å². The van der Waals surface area contributed by atoms with Crippen molar-refractivity contribution in [3.63, 3.8) is 0 Å². The van der Waals surface area contributed by atoms with Gasteiger partial charge in [0.25, 0.3) is 0 Å². The molecule has 2 aromatic rings. The third kappa shape index (κ3) is 3.63. The number of para-hydroxylation sites is 1. The molecule has 5 nitrogen and oxygen atoms in total. The Hall–Kier alpha value is -1.40. The summed E-state index contributed by atoms with van der Waals surface area (Å²) in [6.07, 6.45) is 0.996. The van der Waals surface area contributed by atoms with Gasteiger partial charge in [0.05, 0.1) is 24.8 Å². The van der Waals surface area contributed by atoms with Gasteiger partial charge in [-0.2, -0.15) is 0 Å². The maximum atomic E-state index is 11.8. The van der Waals surface area contributed by atoms with E-state index in [9.17, 15) is 4.79 Å². The molecular formula is C15H19BrN2O3. The van der Waals surface area contributed by atoms with E-state index in [1.165, 1.54) is 7.11 Å². The van der Waals surface area contributed by atoms with Crippen molar-refractivity contribution >= 4 is 32.9 Å². The standard InChI is InChI=1S/C15H19BrN2O3/c1-11-17-14-12(15(19)20-2)5-3-6-13(14)18(11)8-10-21-9-4-7-16/h3,5-6H,4,7-10H2,1-2H3. The predicted octanol–water partition coefficient (Wildman–Crippen LogP) is 2.93. The zero-order chi connectivity index (χ0) is 15.2. The summed E-state index contributed by atoms with van der Waals surface area (Å²) in [7, 11) is 1.38. The molecule has 0 amide bonds. The lowest BCUT2D eigenvalue weighted by molar-refractivity contribution is 0.0603. The highest BCUT2D eigenvalue weighted by Gasteiger charge is 2.15. The van der Waals surface area contributed by atoms with E-state index in [2.05, 4.69) is 25.5 Å². The van der Waals surface area contributed by atoms with E-state index in [1.54, 1.807) is 6.07 Å². The summed E-state index contributed by atoms with van der Waals surface area (Å²) in [6.45, 7) is 4.01. The lowest BCUT2D eigenvalue weighted by Gasteiger charge is -2.08. The third-order valence-electron chi connectivity index (χ3n) is 3.26. The van der Waals surface area contributed by atoms with Gasteiger partial charge in [-0.1, -0.05) is 22.0 Å². The Labute approximate surface area is 132 Å². The van der Waals surface area contributed by atoms with Crippen molar-refractivity contribution in [2.45, 2.75) is 19.9 Å². The van der Waals surface area contributed by atoms with E-state index < -0.39 is 0 Å². The molecule has 0 aliphatic heterocycles. The number of alkyl halides is 1. The molecule has 1 aromatic carbocycles. The van der Waals surface area contributed by atoms with Gasteiger partial charge >= 0.3 is 5.97 Å². The molecule has 6 heteroatoms. The maximum absolute atomic E-state index is 11.8. The predicted molar refractivity (Wildman–Crippen MR) is 85.0 cm³/mol. The average Bonchev–Trinajstić information content (AvgIpc) is 2.82. The van der Waals surface area contributed by atoms with Gasteiger partial charge in [-0.15, -0.1) is 0 Å². The van der Waals surface area contributed by atoms with Crippen LogP contribution in [-0.2, 0) is 16.0 Å². The quantitative estimate of drug-likeness (QED) is 0.435. The molecule has 0 radical (unpaired) electrons. The Kier molecular flexibility index (Phi) is 5.76. The summed E-state index contributed by atoms with van der Waals surface area (Å²) in [5.74, 6) is 0.504. The molecule has 0 fully saturated rings. The van der Waals surface area contributed by atoms with Crippen molar-refractivity contribution in [1.82, 2.24) is 9.55 Å². The molecule has 0 N–H and O–H groups in total. The number of halogens is 1. The molecule has 0 aliphatic carbocycles. The van der Waals surface area contributed by atoms with Crippen LogP contribution in [0.2, 0.25) is 0 Å². The second kappa shape index (κ2) is 7.56. The highest BCUT2D eigenvalue weighted by Crippen LogP contribution is 2.20. The number of fused-ring (bicyclic) bond motifs is 1. The summed E-state index contributed by atoms with van der Waals surface area (Å²) in [6, 6.07) is 5.54. The van der Waals surface area contributed by atoms with E-state index in [0.717, 1.165) is 36.2 Å². The van der Waals surface area contributed by atoms with Crippen LogP contribution < -0.4 is 0 Å². The molecule has 0 bridgehead atoms. The number of hydrogen-bond donors (Lipinski definition) is 0. The van der Waals surface area contributed by atoms with Crippen LogP contribution >= 0.6 is 15.9 Å². The van der Waals surface area contributed by atoms with Crippen molar-refractivity contribution in [3.05, 3.63) is 29.6 Å². The molecule has 0 atom stereocenters. The molecule has 1 heterocycles. The van der Waals surface area contributed by atoms with Gasteiger partial charge in [0.2, 0.25) is 0 Å². The Bertz CT molecular complexity index is 625. The zero-order valence-electron chi connectivity index (χ0n) is 12.3. The van der Waals surface area contributed by atoms with Gasteiger partial charge in [0.15, 0.2) is 0 Å². The summed E-state index contributed by atoms with van der Waals surface area (Å²) < 4.78 is 12.4. The Morgan fingerprint density at radius 2 is 2.19 bits per heavy atom. The first-order valence-corrected chi connectivity index (χ1v) is 7.99. The molecule has 21 heavy (non-hydrogen) atoms. The largest absolute Gasteiger partial charge is 0.465 e. The topological polar surface area (TPSA) is 53.3 Å². The second-order valence-electron chi connectivity index (χ2n) is 4.63. The van der Waals surface area contributed by atoms with E-state index in [0.29, 0.717) is 17.7 Å². The number of hydrogen-bond acceptors (Lipinski definition) is 4. The van der Waals surface area contributed by atoms with E-state index in [-0.39, 0.29) is 5.97 Å². The van der Waals surface area contributed by atoms with Crippen molar-refractivity contribution in [2.75, 3.05) is 25.7 Å². The maximum Gasteiger partial charge on any atom is 0.340 e. The molecule has 114 valence electrons. The zero-order valence-corrected chi connectivity index (χ0v) is 13.9. The fourth-order valence-corrected chi connectivity index (χ4v) is 2.46. The van der Waals surface area contributed by atoms with Gasteiger partial charge in [-0.25, -0.2) is 9.78 Å². The summed E-state index contributed by atoms with van der Waals surface area (Å²) >= 11 is 3.37. The van der Waals surface area contributed by atoms with Crippen LogP contribution in [0.5, 0.6) is 0 Å². The molecule has 0 aliphatic rings. The molecule has 0 spiro atoms. The minimum atomic E-state index is -0.362. The number of rotatable bonds is 7. The van der Waals surface area contributed by atoms with Crippen molar-refractivity contribution in [2.24, 2.45) is 0 Å². The van der Waals surface area contributed by atoms with E-state index >= 15 is 0 Å². The number of imidazole rings is 1. The fraction of sp³-hybridized carbons (Fsp3) is 0.467. The number of benzene rings is 1. The first kappa shape index (κ1) is 16.0. The minimum Gasteiger partial charge on any atom is -0.465 e. The number of aromatic nitrogens is 2. The summed E-state index contributed by atoms with van der Waals surface area (Å²) in [5.41, 5.74) is 2.11. The van der Waals surface area contributed by atoms with Crippen LogP contribution in [0.15, 0.2) is 18.2 Å². The number of carbonyl (C=O) groups is 1. The van der Waals surface area contributed by atoms with Crippen LogP contribution in [-0.4, -0.2) is 41.2 Å². The molecule has 1 aromatic heterocycles. The van der Waals surface area contributed by atoms with Gasteiger partial charge in [-0.3, -0.25) is 0 Å². The Morgan fingerprint density at radius 3 is 2.90 bits per heavy atom. The summed E-state index contributed by atoms with van der Waals surface area (Å²) in [4.78, 5) is 16.3. The average molecular weight is 355 g/mol. The smallest absolute Gasteiger partial charge is 0.340 e. The normalized spacial score (nSPS) is 11.0. The molecule has 0 unspecified atom stereocenters. The van der Waals surface area contributed by atoms with E-state index in [1.807, 2.05) is 19.1 Å². The number of nitrogens with zero attached hydrogens (tertiary/aromatic N) is 2. The van der Waals surface area contributed by atoms with Crippen molar-refractivity contribution in [1.29, 1.82) is 0 Å². The molecule has 2 rings (SSSR count). The van der Waals surface area contributed by atoms with Gasteiger partial charge in [0, 0.05) is 18.5 Å². The van der Waals surface area contributed by atoms with Crippen LogP contribution in [0.4, 0.5) is 0 Å². The number of esters is 1. The van der Waals surface area contributed by atoms with E-state index in [4.69, 9.17) is 9.47 Å². The van der Waals surface area contributed by atoms with Crippen molar-refractivity contribution in [3.8, 4) is 0 Å². The first-order chi connectivity index (χ1) is 10.2. The van der Waals surface area contributed by atoms with Gasteiger partial charge in [0.1, 0.15) is 11.3 Å². The molecule has 0 saturated carbocycles. The third-order valence-corrected chi connectivity index (χ3v) is 3.82. The number of aryl methyl sites for hydroxylation is 1. The Morgan fingerprint density at radius 1 is 1.38 bits per heavy atom. The first-order valence-electron chi connectivity index (χ1n) is 6.87. The Balaban J connectivity index is 2.21. The van der Waals surface area contributed by atoms with Gasteiger partial charge in [-0.05, 0) is 25.5 Å². The summed E-state index contributed by atoms with van der Waals surface area (Å²) in [5, 5.41) is 0.947. The fourth-order valence-electron chi connectivity index (χ4n) is 2.23. The van der Waals surface area contributed by atoms with Crippen LogP contribution in [0.1, 0.15) is 22.6 Å². The number of carbonyl (C=O) groups excluding carboxylic acids is 1. The molecular weight excluding hydrogens is 336 g/mol. The van der Waals surface area contributed by atoms with Crippen LogP contribution in [0.25, 0.3) is 11.0 Å². The SMILES string of the molecule is COC(=O)c1cccc2c1nc(C)n2CCOCCCBr.